The highest BCUT2D eigenvalue weighted by atomic mass is 19.1. The van der Waals surface area contributed by atoms with Gasteiger partial charge in [0.15, 0.2) is 5.78 Å². The SMILES string of the molecule is CC1CN(C)CCCN1CC(=O)c1cc(F)ccc1O. The summed E-state index contributed by atoms with van der Waals surface area (Å²) in [5, 5.41) is 9.68. The van der Waals surface area contributed by atoms with Gasteiger partial charge in [-0.3, -0.25) is 9.69 Å². The summed E-state index contributed by atoms with van der Waals surface area (Å²) < 4.78 is 13.2. The molecule has 1 heterocycles. The molecular weight excluding hydrogens is 259 g/mol. The smallest absolute Gasteiger partial charge is 0.180 e. The largest absolute Gasteiger partial charge is 0.507 e. The molecule has 1 aromatic rings. The van der Waals surface area contributed by atoms with E-state index in [0.29, 0.717) is 0 Å². The molecule has 5 heteroatoms. The van der Waals surface area contributed by atoms with Crippen LogP contribution < -0.4 is 0 Å². The summed E-state index contributed by atoms with van der Waals surface area (Å²) in [6.07, 6.45) is 1.00. The Morgan fingerprint density at radius 2 is 2.20 bits per heavy atom. The predicted octanol–water partition coefficient (Wildman–Crippen LogP) is 1.74. The quantitative estimate of drug-likeness (QED) is 0.857. The van der Waals surface area contributed by atoms with Gasteiger partial charge in [0.05, 0.1) is 12.1 Å². The molecule has 0 aromatic heterocycles. The Morgan fingerprint density at radius 3 is 2.95 bits per heavy atom. The zero-order valence-corrected chi connectivity index (χ0v) is 12.0. The molecule has 1 saturated heterocycles. The molecule has 0 aliphatic carbocycles. The molecule has 0 spiro atoms. The number of nitrogens with zero attached hydrogens (tertiary/aromatic N) is 2. The summed E-state index contributed by atoms with van der Waals surface area (Å²) >= 11 is 0. The number of benzene rings is 1. The minimum atomic E-state index is -0.505. The van der Waals surface area contributed by atoms with Gasteiger partial charge in [0.2, 0.25) is 0 Å². The van der Waals surface area contributed by atoms with Crippen LogP contribution in [0.3, 0.4) is 0 Å². The van der Waals surface area contributed by atoms with Gasteiger partial charge in [-0.15, -0.1) is 0 Å². The van der Waals surface area contributed by atoms with E-state index in [-0.39, 0.29) is 29.7 Å². The molecule has 0 saturated carbocycles. The fourth-order valence-electron chi connectivity index (χ4n) is 2.66. The molecule has 1 fully saturated rings. The summed E-state index contributed by atoms with van der Waals surface area (Å²) in [5.74, 6) is -0.899. The van der Waals surface area contributed by atoms with Crippen molar-refractivity contribution in [3.63, 3.8) is 0 Å². The summed E-state index contributed by atoms with van der Waals surface area (Å²) in [4.78, 5) is 16.6. The third-order valence-corrected chi connectivity index (χ3v) is 3.79. The van der Waals surface area contributed by atoms with E-state index in [1.165, 1.54) is 6.07 Å². The number of phenolic OH excluding ortho intramolecular Hbond substituents is 1. The van der Waals surface area contributed by atoms with Crippen molar-refractivity contribution in [1.29, 1.82) is 0 Å². The van der Waals surface area contributed by atoms with Gasteiger partial charge in [-0.25, -0.2) is 4.39 Å². The second-order valence-electron chi connectivity index (χ2n) is 5.52. The highest BCUT2D eigenvalue weighted by Crippen LogP contribution is 2.19. The van der Waals surface area contributed by atoms with E-state index in [0.717, 1.165) is 38.2 Å². The molecule has 1 aromatic carbocycles. The van der Waals surface area contributed by atoms with Crippen molar-refractivity contribution in [2.45, 2.75) is 19.4 Å². The van der Waals surface area contributed by atoms with E-state index in [9.17, 15) is 14.3 Å². The molecule has 110 valence electrons. The molecule has 1 aliphatic heterocycles. The highest BCUT2D eigenvalue weighted by molar-refractivity contribution is 6.00. The Hall–Kier alpha value is -1.46. The van der Waals surface area contributed by atoms with E-state index in [2.05, 4.69) is 23.8 Å². The number of carbonyl (C=O) groups excluding carboxylic acids is 1. The molecule has 2 rings (SSSR count). The number of hydrogen-bond donors (Lipinski definition) is 1. The molecule has 4 nitrogen and oxygen atoms in total. The molecule has 0 bridgehead atoms. The first-order valence-electron chi connectivity index (χ1n) is 6.91. The maximum absolute atomic E-state index is 13.2. The summed E-state index contributed by atoms with van der Waals surface area (Å²) in [6.45, 7) is 5.06. The fourth-order valence-corrected chi connectivity index (χ4v) is 2.66. The predicted molar refractivity (Wildman–Crippen MR) is 75.5 cm³/mol. The number of aromatic hydroxyl groups is 1. The van der Waals surface area contributed by atoms with Gasteiger partial charge in [-0.05, 0) is 45.1 Å². The lowest BCUT2D eigenvalue weighted by Gasteiger charge is -2.27. The second kappa shape index (κ2) is 6.33. The van der Waals surface area contributed by atoms with E-state index in [1.54, 1.807) is 0 Å². The topological polar surface area (TPSA) is 43.8 Å². The first kappa shape index (κ1) is 14.9. The first-order chi connectivity index (χ1) is 9.47. The van der Waals surface area contributed by atoms with Crippen LogP contribution in [0.25, 0.3) is 0 Å². The lowest BCUT2D eigenvalue weighted by atomic mass is 10.1. The van der Waals surface area contributed by atoms with Crippen molar-refractivity contribution in [1.82, 2.24) is 9.80 Å². The van der Waals surface area contributed by atoms with E-state index >= 15 is 0 Å². The summed E-state index contributed by atoms with van der Waals surface area (Å²) in [7, 11) is 2.07. The number of hydrogen-bond acceptors (Lipinski definition) is 4. The van der Waals surface area contributed by atoms with Crippen LogP contribution in [0.1, 0.15) is 23.7 Å². The van der Waals surface area contributed by atoms with Crippen LogP contribution in [0.5, 0.6) is 5.75 Å². The van der Waals surface area contributed by atoms with Gasteiger partial charge >= 0.3 is 0 Å². The van der Waals surface area contributed by atoms with Gasteiger partial charge in [-0.1, -0.05) is 0 Å². The number of phenols is 1. The fraction of sp³-hybridized carbons (Fsp3) is 0.533. The number of likely N-dealkylation sites (N-methyl/N-ethyl adjacent to an activating group) is 1. The lowest BCUT2D eigenvalue weighted by molar-refractivity contribution is 0.0897. The minimum Gasteiger partial charge on any atom is -0.507 e. The standard InChI is InChI=1S/C15H21FN2O2/c1-11-9-17(2)6-3-7-18(11)10-15(20)13-8-12(16)4-5-14(13)19/h4-5,8,11,19H,3,6-7,9-10H2,1-2H3. The number of halogens is 1. The average molecular weight is 280 g/mol. The molecule has 1 N–H and O–H groups in total. The number of rotatable bonds is 3. The summed E-state index contributed by atoms with van der Waals surface area (Å²) in [5.41, 5.74) is 0.0646. The molecule has 0 amide bonds. The van der Waals surface area contributed by atoms with Gasteiger partial charge in [0.25, 0.3) is 0 Å². The Labute approximate surface area is 118 Å². The Morgan fingerprint density at radius 1 is 1.45 bits per heavy atom. The molecule has 0 radical (unpaired) electrons. The van der Waals surface area contributed by atoms with Crippen LogP contribution in [0.2, 0.25) is 0 Å². The zero-order chi connectivity index (χ0) is 14.7. The van der Waals surface area contributed by atoms with Gasteiger partial charge in [0.1, 0.15) is 11.6 Å². The maximum atomic E-state index is 13.2. The van der Waals surface area contributed by atoms with Crippen LogP contribution >= 0.6 is 0 Å². The zero-order valence-electron chi connectivity index (χ0n) is 12.0. The number of ketones is 1. The molecular formula is C15H21FN2O2. The third kappa shape index (κ3) is 3.55. The Balaban J connectivity index is 2.08. The second-order valence-corrected chi connectivity index (χ2v) is 5.52. The molecule has 20 heavy (non-hydrogen) atoms. The maximum Gasteiger partial charge on any atom is 0.180 e. The van der Waals surface area contributed by atoms with Crippen molar-refractivity contribution in [2.75, 3.05) is 33.2 Å². The first-order valence-corrected chi connectivity index (χ1v) is 6.91. The van der Waals surface area contributed by atoms with Crippen LogP contribution in [-0.2, 0) is 0 Å². The van der Waals surface area contributed by atoms with Crippen molar-refractivity contribution < 1.29 is 14.3 Å². The molecule has 1 aliphatic rings. The third-order valence-electron chi connectivity index (χ3n) is 3.79. The van der Waals surface area contributed by atoms with Crippen LogP contribution in [0.15, 0.2) is 18.2 Å². The van der Waals surface area contributed by atoms with Crippen LogP contribution in [0.4, 0.5) is 4.39 Å². The van der Waals surface area contributed by atoms with Crippen LogP contribution in [0, 0.1) is 5.82 Å². The van der Waals surface area contributed by atoms with E-state index in [4.69, 9.17) is 0 Å². The Kier molecular flexibility index (Phi) is 4.73. The van der Waals surface area contributed by atoms with Crippen molar-refractivity contribution in [3.8, 4) is 5.75 Å². The van der Waals surface area contributed by atoms with Gasteiger partial charge in [0, 0.05) is 19.1 Å². The lowest BCUT2D eigenvalue weighted by Crippen LogP contribution is -2.40. The van der Waals surface area contributed by atoms with Crippen molar-refractivity contribution in [2.24, 2.45) is 0 Å². The van der Waals surface area contributed by atoms with Crippen LogP contribution in [-0.4, -0.2) is 60.0 Å². The Bertz CT molecular complexity index is 493. The van der Waals surface area contributed by atoms with E-state index < -0.39 is 5.82 Å². The molecule has 1 atom stereocenters. The van der Waals surface area contributed by atoms with E-state index in [1.807, 2.05) is 0 Å². The summed E-state index contributed by atoms with van der Waals surface area (Å²) in [6, 6.07) is 3.74. The number of Topliss-reactive ketones (excluding diaryl/α,β-unsaturated/α-hetero) is 1. The monoisotopic (exact) mass is 280 g/mol. The highest BCUT2D eigenvalue weighted by Gasteiger charge is 2.23. The molecule has 1 unspecified atom stereocenters. The van der Waals surface area contributed by atoms with Crippen molar-refractivity contribution in [3.05, 3.63) is 29.6 Å². The minimum absolute atomic E-state index is 0.0646. The normalized spacial score (nSPS) is 21.6. The average Bonchev–Trinajstić information content (AvgIpc) is 2.54. The number of carbonyl (C=O) groups is 1. The van der Waals surface area contributed by atoms with Gasteiger partial charge in [-0.2, -0.15) is 0 Å². The van der Waals surface area contributed by atoms with Crippen molar-refractivity contribution >= 4 is 5.78 Å². The van der Waals surface area contributed by atoms with Gasteiger partial charge < -0.3 is 10.0 Å².